The maximum atomic E-state index is 12.0. The summed E-state index contributed by atoms with van der Waals surface area (Å²) >= 11 is 0. The van der Waals surface area contributed by atoms with Gasteiger partial charge in [-0.2, -0.15) is 0 Å². The number of amides is 2. The van der Waals surface area contributed by atoms with Gasteiger partial charge in [-0.15, -0.1) is 0 Å². The molecule has 0 saturated heterocycles. The van der Waals surface area contributed by atoms with Crippen molar-refractivity contribution in [2.45, 2.75) is 39.7 Å². The number of nitrogens with one attached hydrogen (secondary N) is 1. The molecule has 0 saturated carbocycles. The lowest BCUT2D eigenvalue weighted by atomic mass is 10.0. The number of urea groups is 1. The summed E-state index contributed by atoms with van der Waals surface area (Å²) in [6, 6.07) is -1.35. The lowest BCUT2D eigenvalue weighted by Gasteiger charge is -2.27. The summed E-state index contributed by atoms with van der Waals surface area (Å²) in [5.41, 5.74) is 0. The topological polar surface area (TPSA) is 78.9 Å². The van der Waals surface area contributed by atoms with E-state index in [-0.39, 0.29) is 12.6 Å². The highest BCUT2D eigenvalue weighted by molar-refractivity contribution is 5.82. The van der Waals surface area contributed by atoms with Crippen molar-refractivity contribution < 1.29 is 19.4 Å². The van der Waals surface area contributed by atoms with Gasteiger partial charge in [0.05, 0.1) is 6.61 Å². The molecule has 0 heterocycles. The molecule has 6 nitrogen and oxygen atoms in total. The number of rotatable bonds is 9. The third-order valence-corrected chi connectivity index (χ3v) is 3.23. The molecule has 2 amide bonds. The molecule has 0 fully saturated rings. The summed E-state index contributed by atoms with van der Waals surface area (Å²) in [6.07, 6.45) is 2.00. The summed E-state index contributed by atoms with van der Waals surface area (Å²) in [4.78, 5) is 24.6. The summed E-state index contributed by atoms with van der Waals surface area (Å²) in [5, 5.41) is 11.5. The molecule has 0 radical (unpaired) electrons. The van der Waals surface area contributed by atoms with Crippen LogP contribution in [-0.4, -0.2) is 54.9 Å². The molecule has 0 spiro atoms. The van der Waals surface area contributed by atoms with Crippen molar-refractivity contribution in [2.24, 2.45) is 5.92 Å². The van der Waals surface area contributed by atoms with Gasteiger partial charge >= 0.3 is 12.0 Å². The third-order valence-electron chi connectivity index (χ3n) is 3.23. The first-order chi connectivity index (χ1) is 8.99. The van der Waals surface area contributed by atoms with Crippen LogP contribution in [0.4, 0.5) is 4.79 Å². The summed E-state index contributed by atoms with van der Waals surface area (Å²) in [5.74, 6) is -0.648. The maximum absolute atomic E-state index is 12.0. The molecule has 0 aromatic rings. The zero-order valence-corrected chi connectivity index (χ0v) is 12.3. The Hall–Kier alpha value is -1.30. The number of carboxylic acids is 1. The van der Waals surface area contributed by atoms with Gasteiger partial charge in [-0.1, -0.05) is 26.7 Å². The lowest BCUT2D eigenvalue weighted by molar-refractivity contribution is -0.140. The Morgan fingerprint density at radius 1 is 1.26 bits per heavy atom. The van der Waals surface area contributed by atoms with Crippen LogP contribution >= 0.6 is 0 Å². The molecule has 2 N–H and O–H groups in total. The maximum Gasteiger partial charge on any atom is 0.328 e. The first-order valence-corrected chi connectivity index (χ1v) is 6.77. The fourth-order valence-corrected chi connectivity index (χ4v) is 1.80. The fourth-order valence-electron chi connectivity index (χ4n) is 1.80. The largest absolute Gasteiger partial charge is 0.480 e. The van der Waals surface area contributed by atoms with Gasteiger partial charge in [0.1, 0.15) is 0 Å². The molecule has 0 aliphatic heterocycles. The Balaban J connectivity index is 4.52. The van der Waals surface area contributed by atoms with E-state index >= 15 is 0 Å². The van der Waals surface area contributed by atoms with Crippen molar-refractivity contribution in [2.75, 3.05) is 26.8 Å². The third kappa shape index (κ3) is 6.42. The minimum atomic E-state index is -1.09. The van der Waals surface area contributed by atoms with E-state index < -0.39 is 12.0 Å². The second-order valence-electron chi connectivity index (χ2n) is 4.52. The second-order valence-corrected chi connectivity index (χ2v) is 4.52. The van der Waals surface area contributed by atoms with Gasteiger partial charge in [-0.3, -0.25) is 0 Å². The molecule has 112 valence electrons. The number of aliphatic carboxylic acids is 1. The highest BCUT2D eigenvalue weighted by atomic mass is 16.5. The molecule has 19 heavy (non-hydrogen) atoms. The van der Waals surface area contributed by atoms with Crippen LogP contribution in [0.15, 0.2) is 0 Å². The highest BCUT2D eigenvalue weighted by Crippen LogP contribution is 2.10. The Bertz CT molecular complexity index is 280. The smallest absolute Gasteiger partial charge is 0.328 e. The molecular formula is C13H26N2O4. The van der Waals surface area contributed by atoms with Gasteiger partial charge in [-0.25, -0.2) is 9.59 Å². The molecule has 1 atom stereocenters. The van der Waals surface area contributed by atoms with Gasteiger partial charge in [0, 0.05) is 20.2 Å². The predicted molar refractivity (Wildman–Crippen MR) is 73.2 cm³/mol. The van der Waals surface area contributed by atoms with Crippen LogP contribution in [0.3, 0.4) is 0 Å². The van der Waals surface area contributed by atoms with E-state index in [1.165, 1.54) is 7.11 Å². The quantitative estimate of drug-likeness (QED) is 0.668. The van der Waals surface area contributed by atoms with Crippen molar-refractivity contribution in [1.82, 2.24) is 10.2 Å². The molecule has 0 rings (SSSR count). The number of nitrogens with zero attached hydrogens (tertiary/aromatic N) is 1. The highest BCUT2D eigenvalue weighted by Gasteiger charge is 2.23. The van der Waals surface area contributed by atoms with Gasteiger partial charge in [0.25, 0.3) is 0 Å². The summed E-state index contributed by atoms with van der Waals surface area (Å²) in [6.45, 7) is 7.23. The Labute approximate surface area is 115 Å². The van der Waals surface area contributed by atoms with Crippen LogP contribution in [0, 0.1) is 5.92 Å². The van der Waals surface area contributed by atoms with Crippen molar-refractivity contribution in [1.29, 1.82) is 0 Å². The van der Waals surface area contributed by atoms with Crippen molar-refractivity contribution >= 4 is 12.0 Å². The van der Waals surface area contributed by atoms with E-state index in [1.807, 2.05) is 6.92 Å². The number of carboxylic acid groups (broad SMARTS) is 1. The molecule has 0 aromatic heterocycles. The Kier molecular flexibility index (Phi) is 8.95. The molecule has 0 bridgehead atoms. The van der Waals surface area contributed by atoms with Gasteiger partial charge in [-0.05, 0) is 12.8 Å². The van der Waals surface area contributed by atoms with Gasteiger partial charge in [0.15, 0.2) is 6.04 Å². The standard InChI is InChI=1S/C13H26N2O4/c1-5-10(6-2)8-15(7-3)13(18)14-11(9-19-4)12(16)17/h10-11H,5-9H2,1-4H3,(H,14,18)(H,16,17). The molecule has 1 unspecified atom stereocenters. The molecule has 0 aromatic carbocycles. The van der Waals surface area contributed by atoms with Crippen molar-refractivity contribution in [3.8, 4) is 0 Å². The number of ether oxygens (including phenoxy) is 1. The zero-order chi connectivity index (χ0) is 14.8. The average molecular weight is 274 g/mol. The lowest BCUT2D eigenvalue weighted by Crippen LogP contribution is -2.50. The molecular weight excluding hydrogens is 248 g/mol. The van der Waals surface area contributed by atoms with Crippen LogP contribution in [0.1, 0.15) is 33.6 Å². The van der Waals surface area contributed by atoms with Gasteiger partial charge in [0.2, 0.25) is 0 Å². The predicted octanol–water partition coefficient (Wildman–Crippen LogP) is 1.55. The number of carbonyl (C=O) groups is 2. The van der Waals surface area contributed by atoms with E-state index in [1.54, 1.807) is 4.90 Å². The number of hydrogen-bond donors (Lipinski definition) is 2. The number of carbonyl (C=O) groups excluding carboxylic acids is 1. The number of methoxy groups -OCH3 is 1. The Morgan fingerprint density at radius 3 is 2.21 bits per heavy atom. The first kappa shape index (κ1) is 17.7. The zero-order valence-electron chi connectivity index (χ0n) is 12.3. The van der Waals surface area contributed by atoms with E-state index in [2.05, 4.69) is 19.2 Å². The van der Waals surface area contributed by atoms with Crippen molar-refractivity contribution in [3.63, 3.8) is 0 Å². The SMILES string of the molecule is CCC(CC)CN(CC)C(=O)NC(COC)C(=O)O. The van der Waals surface area contributed by atoms with Crippen LogP contribution in [-0.2, 0) is 9.53 Å². The summed E-state index contributed by atoms with van der Waals surface area (Å²) in [7, 11) is 1.41. The van der Waals surface area contributed by atoms with E-state index in [4.69, 9.17) is 9.84 Å². The molecule has 0 aliphatic carbocycles. The van der Waals surface area contributed by atoms with Crippen LogP contribution in [0.2, 0.25) is 0 Å². The molecule has 6 heteroatoms. The Morgan fingerprint density at radius 2 is 1.84 bits per heavy atom. The number of hydrogen-bond acceptors (Lipinski definition) is 3. The van der Waals surface area contributed by atoms with Crippen LogP contribution in [0.5, 0.6) is 0 Å². The monoisotopic (exact) mass is 274 g/mol. The minimum absolute atomic E-state index is 0.0381. The summed E-state index contributed by atoms with van der Waals surface area (Å²) < 4.78 is 4.79. The minimum Gasteiger partial charge on any atom is -0.480 e. The normalized spacial score (nSPS) is 12.3. The fraction of sp³-hybridized carbons (Fsp3) is 0.846. The van der Waals surface area contributed by atoms with E-state index in [0.29, 0.717) is 19.0 Å². The first-order valence-electron chi connectivity index (χ1n) is 6.77. The van der Waals surface area contributed by atoms with Crippen LogP contribution < -0.4 is 5.32 Å². The van der Waals surface area contributed by atoms with Crippen molar-refractivity contribution in [3.05, 3.63) is 0 Å². The van der Waals surface area contributed by atoms with E-state index in [0.717, 1.165) is 12.8 Å². The van der Waals surface area contributed by atoms with Gasteiger partial charge < -0.3 is 20.1 Å². The molecule has 0 aliphatic rings. The second kappa shape index (κ2) is 9.61. The van der Waals surface area contributed by atoms with E-state index in [9.17, 15) is 9.59 Å². The average Bonchev–Trinajstić information content (AvgIpc) is 2.39. The van der Waals surface area contributed by atoms with Crippen LogP contribution in [0.25, 0.3) is 0 Å².